The first-order valence-electron chi connectivity index (χ1n) is 8.83. The predicted molar refractivity (Wildman–Crippen MR) is 94.6 cm³/mol. The molecule has 0 aliphatic heterocycles. The van der Waals surface area contributed by atoms with Crippen LogP contribution in [0.25, 0.3) is 0 Å². The maximum atomic E-state index is 13.1. The van der Waals surface area contributed by atoms with Gasteiger partial charge in [-0.2, -0.15) is 0 Å². The molecule has 0 saturated heterocycles. The quantitative estimate of drug-likeness (QED) is 0.653. The first-order chi connectivity index (χ1) is 12.2. The van der Waals surface area contributed by atoms with Crippen molar-refractivity contribution in [1.29, 1.82) is 0 Å². The Balaban J connectivity index is 1.68. The Hall–Kier alpha value is -2.14. The number of halogens is 1. The summed E-state index contributed by atoms with van der Waals surface area (Å²) in [7, 11) is 1.68. The van der Waals surface area contributed by atoms with E-state index in [4.69, 9.17) is 4.74 Å². The summed E-state index contributed by atoms with van der Waals surface area (Å²) in [5, 5.41) is 0. The molecule has 1 aliphatic rings. The van der Waals surface area contributed by atoms with Crippen LogP contribution in [0.4, 0.5) is 4.39 Å². The molecule has 134 valence electrons. The highest BCUT2D eigenvalue weighted by Crippen LogP contribution is 2.31. The van der Waals surface area contributed by atoms with Gasteiger partial charge in [0.05, 0.1) is 6.54 Å². The second-order valence-corrected chi connectivity index (χ2v) is 6.63. The molecule has 1 aromatic carbocycles. The smallest absolute Gasteiger partial charge is 0.226 e. The van der Waals surface area contributed by atoms with Gasteiger partial charge in [-0.05, 0) is 49.1 Å². The number of carbonyl (C=O) groups excluding carboxylic acids is 1. The Morgan fingerprint density at radius 3 is 2.72 bits per heavy atom. The molecule has 0 atom stereocenters. The molecule has 1 aliphatic carbocycles. The van der Waals surface area contributed by atoms with E-state index in [1.54, 1.807) is 19.2 Å². The van der Waals surface area contributed by atoms with Gasteiger partial charge < -0.3 is 14.2 Å². The molecule has 4 nitrogen and oxygen atoms in total. The summed E-state index contributed by atoms with van der Waals surface area (Å²) in [6.45, 7) is 2.65. The van der Waals surface area contributed by atoms with Crippen molar-refractivity contribution in [3.05, 3.63) is 59.7 Å². The first-order valence-corrected chi connectivity index (χ1v) is 8.83. The first kappa shape index (κ1) is 17.7. The fourth-order valence-corrected chi connectivity index (χ4v) is 2.98. The average Bonchev–Trinajstić information content (AvgIpc) is 3.37. The molecule has 0 radical (unpaired) electrons. The van der Waals surface area contributed by atoms with E-state index in [0.29, 0.717) is 26.2 Å². The van der Waals surface area contributed by atoms with Crippen LogP contribution in [-0.4, -0.2) is 35.6 Å². The van der Waals surface area contributed by atoms with E-state index >= 15 is 0 Å². The third kappa shape index (κ3) is 4.92. The van der Waals surface area contributed by atoms with Crippen molar-refractivity contribution in [2.75, 3.05) is 20.3 Å². The van der Waals surface area contributed by atoms with Gasteiger partial charge in [0.2, 0.25) is 5.91 Å². The lowest BCUT2D eigenvalue weighted by molar-refractivity contribution is -0.133. The van der Waals surface area contributed by atoms with Gasteiger partial charge in [0.15, 0.2) is 0 Å². The van der Waals surface area contributed by atoms with E-state index < -0.39 is 0 Å². The normalized spacial score (nSPS) is 13.8. The molecule has 0 spiro atoms. The van der Waals surface area contributed by atoms with Crippen molar-refractivity contribution >= 4 is 5.91 Å². The molecule has 25 heavy (non-hydrogen) atoms. The number of benzene rings is 1. The summed E-state index contributed by atoms with van der Waals surface area (Å²) in [5.74, 6) is 0.240. The molecule has 0 unspecified atom stereocenters. The van der Waals surface area contributed by atoms with Crippen LogP contribution in [0.1, 0.15) is 30.5 Å². The summed E-state index contributed by atoms with van der Waals surface area (Å²) in [5.41, 5.74) is 2.13. The zero-order valence-electron chi connectivity index (χ0n) is 14.7. The fourth-order valence-electron chi connectivity index (χ4n) is 2.98. The van der Waals surface area contributed by atoms with Gasteiger partial charge in [0.25, 0.3) is 0 Å². The Labute approximate surface area is 148 Å². The predicted octanol–water partition coefficient (Wildman–Crippen LogP) is 3.45. The van der Waals surface area contributed by atoms with Crippen LogP contribution in [-0.2, 0) is 22.6 Å². The van der Waals surface area contributed by atoms with Gasteiger partial charge >= 0.3 is 0 Å². The number of nitrogens with zero attached hydrogens (tertiary/aromatic N) is 2. The van der Waals surface area contributed by atoms with E-state index in [0.717, 1.165) is 30.5 Å². The molecule has 5 heteroatoms. The standard InChI is InChI=1S/C20H25FN2O2/c1-25-13-3-12-23(20(24)17-7-8-17)15-19-4-2-11-22(19)14-16-5-9-18(21)10-6-16/h2,4-6,9-11,17H,3,7-8,12-15H2,1H3. The number of hydrogen-bond acceptors (Lipinski definition) is 2. The number of aromatic nitrogens is 1. The number of hydrogen-bond donors (Lipinski definition) is 0. The lowest BCUT2D eigenvalue weighted by Crippen LogP contribution is -2.34. The van der Waals surface area contributed by atoms with Gasteiger partial charge in [0, 0.05) is 44.6 Å². The third-order valence-electron chi connectivity index (χ3n) is 4.56. The lowest BCUT2D eigenvalue weighted by Gasteiger charge is -2.23. The van der Waals surface area contributed by atoms with Crippen molar-refractivity contribution in [1.82, 2.24) is 9.47 Å². The second-order valence-electron chi connectivity index (χ2n) is 6.63. The number of ether oxygens (including phenoxy) is 1. The number of carbonyl (C=O) groups is 1. The second kappa shape index (κ2) is 8.30. The Morgan fingerprint density at radius 1 is 1.28 bits per heavy atom. The summed E-state index contributed by atoms with van der Waals surface area (Å²) < 4.78 is 20.3. The summed E-state index contributed by atoms with van der Waals surface area (Å²) >= 11 is 0. The van der Waals surface area contributed by atoms with Crippen LogP contribution >= 0.6 is 0 Å². The van der Waals surface area contributed by atoms with Crippen LogP contribution in [0.5, 0.6) is 0 Å². The van der Waals surface area contributed by atoms with Gasteiger partial charge in [-0.25, -0.2) is 4.39 Å². The number of rotatable bonds is 9. The van der Waals surface area contributed by atoms with Gasteiger partial charge in [0.1, 0.15) is 5.82 Å². The van der Waals surface area contributed by atoms with E-state index in [1.807, 2.05) is 23.2 Å². The molecule has 3 rings (SSSR count). The van der Waals surface area contributed by atoms with Crippen molar-refractivity contribution in [3.8, 4) is 0 Å². The number of amides is 1. The molecule has 0 N–H and O–H groups in total. The summed E-state index contributed by atoms with van der Waals surface area (Å²) in [6.07, 6.45) is 4.87. The molecule has 1 amide bonds. The summed E-state index contributed by atoms with van der Waals surface area (Å²) in [4.78, 5) is 14.5. The molecule has 2 aromatic rings. The SMILES string of the molecule is COCCCN(Cc1cccn1Cc1ccc(F)cc1)C(=O)C1CC1. The lowest BCUT2D eigenvalue weighted by atomic mass is 10.2. The van der Waals surface area contributed by atoms with Crippen LogP contribution in [0, 0.1) is 11.7 Å². The highest BCUT2D eigenvalue weighted by atomic mass is 19.1. The Kier molecular flexibility index (Phi) is 5.87. The molecule has 1 aromatic heterocycles. The molecule has 1 heterocycles. The topological polar surface area (TPSA) is 34.5 Å². The maximum Gasteiger partial charge on any atom is 0.226 e. The van der Waals surface area contributed by atoms with E-state index in [1.165, 1.54) is 12.1 Å². The van der Waals surface area contributed by atoms with E-state index in [-0.39, 0.29) is 17.6 Å². The Morgan fingerprint density at radius 2 is 2.04 bits per heavy atom. The van der Waals surface area contributed by atoms with Gasteiger partial charge in [-0.3, -0.25) is 4.79 Å². The largest absolute Gasteiger partial charge is 0.385 e. The minimum Gasteiger partial charge on any atom is -0.385 e. The Bertz CT molecular complexity index is 692. The van der Waals surface area contributed by atoms with Gasteiger partial charge in [-0.1, -0.05) is 12.1 Å². The molecule has 1 fully saturated rings. The van der Waals surface area contributed by atoms with E-state index in [9.17, 15) is 9.18 Å². The van der Waals surface area contributed by atoms with Crippen molar-refractivity contribution in [2.45, 2.75) is 32.4 Å². The van der Waals surface area contributed by atoms with Crippen molar-refractivity contribution < 1.29 is 13.9 Å². The van der Waals surface area contributed by atoms with Crippen LogP contribution in [0.2, 0.25) is 0 Å². The average molecular weight is 344 g/mol. The molecule has 0 bridgehead atoms. The van der Waals surface area contributed by atoms with Crippen LogP contribution < -0.4 is 0 Å². The number of methoxy groups -OCH3 is 1. The van der Waals surface area contributed by atoms with Crippen molar-refractivity contribution in [2.24, 2.45) is 5.92 Å². The van der Waals surface area contributed by atoms with Crippen LogP contribution in [0.3, 0.4) is 0 Å². The maximum absolute atomic E-state index is 13.1. The monoisotopic (exact) mass is 344 g/mol. The molecular formula is C20H25FN2O2. The minimum atomic E-state index is -0.226. The highest BCUT2D eigenvalue weighted by Gasteiger charge is 2.33. The summed E-state index contributed by atoms with van der Waals surface area (Å²) in [6, 6.07) is 10.6. The van der Waals surface area contributed by atoms with Gasteiger partial charge in [-0.15, -0.1) is 0 Å². The van der Waals surface area contributed by atoms with Crippen molar-refractivity contribution in [3.63, 3.8) is 0 Å². The molecular weight excluding hydrogens is 319 g/mol. The third-order valence-corrected chi connectivity index (χ3v) is 4.56. The van der Waals surface area contributed by atoms with Crippen LogP contribution in [0.15, 0.2) is 42.6 Å². The van der Waals surface area contributed by atoms with E-state index in [2.05, 4.69) is 4.57 Å². The zero-order chi connectivity index (χ0) is 17.6. The zero-order valence-corrected chi connectivity index (χ0v) is 14.7. The fraction of sp³-hybridized carbons (Fsp3) is 0.450. The minimum absolute atomic E-state index is 0.211. The molecule has 1 saturated carbocycles. The highest BCUT2D eigenvalue weighted by molar-refractivity contribution is 5.81.